The maximum atomic E-state index is 4.29. The van der Waals surface area contributed by atoms with Gasteiger partial charge in [-0.05, 0) is 17.9 Å². The maximum Gasteiger partial charge on any atom is 0.0630 e. The molecule has 0 saturated carbocycles. The summed E-state index contributed by atoms with van der Waals surface area (Å²) < 4.78 is 1.87. The Hall–Kier alpha value is -0.790. The molecule has 11 heavy (non-hydrogen) atoms. The van der Waals surface area contributed by atoms with Crippen LogP contribution >= 0.6 is 0 Å². The summed E-state index contributed by atoms with van der Waals surface area (Å²) in [5.74, 6) is 0. The van der Waals surface area contributed by atoms with E-state index in [1.54, 1.807) is 0 Å². The summed E-state index contributed by atoms with van der Waals surface area (Å²) in [4.78, 5) is 0. The van der Waals surface area contributed by atoms with Crippen molar-refractivity contribution in [1.29, 1.82) is 0 Å². The minimum Gasteiger partial charge on any atom is -0.275 e. The molecular formula is C9H16N2. The molecule has 0 aromatic carbocycles. The van der Waals surface area contributed by atoms with E-state index in [0.29, 0.717) is 0 Å². The van der Waals surface area contributed by atoms with E-state index >= 15 is 0 Å². The predicted molar refractivity (Wildman–Crippen MR) is 46.6 cm³/mol. The third-order valence-electron chi connectivity index (χ3n) is 1.82. The van der Waals surface area contributed by atoms with Gasteiger partial charge in [0.25, 0.3) is 0 Å². The highest BCUT2D eigenvalue weighted by Crippen LogP contribution is 2.23. The predicted octanol–water partition coefficient (Wildman–Crippen LogP) is 2.03. The molecule has 0 aliphatic carbocycles. The van der Waals surface area contributed by atoms with Crippen LogP contribution in [0.25, 0.3) is 0 Å². The van der Waals surface area contributed by atoms with Crippen molar-refractivity contribution >= 4 is 0 Å². The van der Waals surface area contributed by atoms with Gasteiger partial charge in [0, 0.05) is 13.2 Å². The lowest BCUT2D eigenvalue weighted by Crippen LogP contribution is -2.11. The second-order valence-electron chi connectivity index (χ2n) is 4.05. The third-order valence-corrected chi connectivity index (χ3v) is 1.82. The fraction of sp³-hybridized carbons (Fsp3) is 0.667. The first-order chi connectivity index (χ1) is 4.91. The van der Waals surface area contributed by atoms with Crippen molar-refractivity contribution in [3.8, 4) is 0 Å². The van der Waals surface area contributed by atoms with Crippen molar-refractivity contribution < 1.29 is 0 Å². The van der Waals surface area contributed by atoms with Gasteiger partial charge < -0.3 is 0 Å². The van der Waals surface area contributed by atoms with Crippen molar-refractivity contribution in [3.63, 3.8) is 0 Å². The van der Waals surface area contributed by atoms with E-state index in [9.17, 15) is 0 Å². The van der Waals surface area contributed by atoms with Crippen LogP contribution in [0.2, 0.25) is 0 Å². The molecule has 0 saturated heterocycles. The van der Waals surface area contributed by atoms with E-state index in [0.717, 1.165) is 5.69 Å². The zero-order valence-corrected chi connectivity index (χ0v) is 7.97. The molecule has 1 aromatic heterocycles. The second-order valence-corrected chi connectivity index (χ2v) is 4.05. The summed E-state index contributed by atoms with van der Waals surface area (Å²) >= 11 is 0. The Morgan fingerprint density at radius 3 is 2.09 bits per heavy atom. The molecule has 2 heteroatoms. The summed E-state index contributed by atoms with van der Waals surface area (Å²) in [6.45, 7) is 8.67. The van der Waals surface area contributed by atoms with Gasteiger partial charge in [-0.2, -0.15) is 5.10 Å². The molecule has 0 atom stereocenters. The van der Waals surface area contributed by atoms with Gasteiger partial charge in [0.15, 0.2) is 0 Å². The third kappa shape index (κ3) is 1.62. The van der Waals surface area contributed by atoms with Crippen LogP contribution in [0.3, 0.4) is 0 Å². The topological polar surface area (TPSA) is 17.8 Å². The molecule has 0 radical (unpaired) electrons. The van der Waals surface area contributed by atoms with E-state index in [1.807, 2.05) is 11.7 Å². The lowest BCUT2D eigenvalue weighted by molar-refractivity contribution is 0.585. The minimum atomic E-state index is 0.221. The van der Waals surface area contributed by atoms with Crippen LogP contribution in [-0.4, -0.2) is 9.78 Å². The molecule has 1 heterocycles. The van der Waals surface area contributed by atoms with E-state index in [1.165, 1.54) is 5.56 Å². The van der Waals surface area contributed by atoms with Crippen LogP contribution in [0.5, 0.6) is 0 Å². The van der Waals surface area contributed by atoms with E-state index in [2.05, 4.69) is 39.0 Å². The summed E-state index contributed by atoms with van der Waals surface area (Å²) in [5.41, 5.74) is 2.69. The highest BCUT2D eigenvalue weighted by Gasteiger charge is 2.18. The van der Waals surface area contributed by atoms with Gasteiger partial charge in [-0.15, -0.1) is 0 Å². The van der Waals surface area contributed by atoms with Gasteiger partial charge >= 0.3 is 0 Å². The highest BCUT2D eigenvalue weighted by atomic mass is 15.2. The van der Waals surface area contributed by atoms with Crippen molar-refractivity contribution in [2.24, 2.45) is 7.05 Å². The molecule has 0 aliphatic heterocycles. The Morgan fingerprint density at radius 2 is 1.91 bits per heavy atom. The zero-order valence-electron chi connectivity index (χ0n) is 7.97. The van der Waals surface area contributed by atoms with Gasteiger partial charge in [-0.1, -0.05) is 20.8 Å². The molecule has 0 spiro atoms. The van der Waals surface area contributed by atoms with Crippen LogP contribution in [0, 0.1) is 6.92 Å². The summed E-state index contributed by atoms with van der Waals surface area (Å²) in [6, 6.07) is 0. The summed E-state index contributed by atoms with van der Waals surface area (Å²) in [6.07, 6.45) is 2.09. The fourth-order valence-electron chi connectivity index (χ4n) is 1.34. The molecular weight excluding hydrogens is 136 g/mol. The summed E-state index contributed by atoms with van der Waals surface area (Å²) in [5, 5.41) is 4.29. The van der Waals surface area contributed by atoms with Crippen LogP contribution < -0.4 is 0 Å². The maximum absolute atomic E-state index is 4.29. The monoisotopic (exact) mass is 152 g/mol. The first-order valence-corrected chi connectivity index (χ1v) is 3.92. The van der Waals surface area contributed by atoms with Crippen molar-refractivity contribution in [3.05, 3.63) is 17.5 Å². The Kier molecular flexibility index (Phi) is 1.78. The molecule has 1 aromatic rings. The highest BCUT2D eigenvalue weighted by molar-refractivity contribution is 5.23. The Labute approximate surface area is 68.2 Å². The largest absolute Gasteiger partial charge is 0.275 e. The molecule has 0 amide bonds. The second kappa shape index (κ2) is 2.36. The number of hydrogen-bond acceptors (Lipinski definition) is 1. The van der Waals surface area contributed by atoms with Crippen molar-refractivity contribution in [1.82, 2.24) is 9.78 Å². The average molecular weight is 152 g/mol. The molecule has 0 aliphatic rings. The van der Waals surface area contributed by atoms with Gasteiger partial charge in [-0.3, -0.25) is 4.68 Å². The average Bonchev–Trinajstić information content (AvgIpc) is 2.08. The van der Waals surface area contributed by atoms with E-state index in [-0.39, 0.29) is 5.41 Å². The van der Waals surface area contributed by atoms with Gasteiger partial charge in [0.05, 0.1) is 5.69 Å². The zero-order chi connectivity index (χ0) is 8.65. The molecule has 1 rings (SSSR count). The quantitative estimate of drug-likeness (QED) is 0.556. The van der Waals surface area contributed by atoms with Gasteiger partial charge in [-0.25, -0.2) is 0 Å². The molecule has 0 fully saturated rings. The SMILES string of the molecule is Cc1nn(C)cc1C(C)(C)C. The molecule has 2 nitrogen and oxygen atoms in total. The smallest absolute Gasteiger partial charge is 0.0630 e. The van der Waals surface area contributed by atoms with Crippen molar-refractivity contribution in [2.75, 3.05) is 0 Å². The standard InChI is InChI=1S/C9H16N2/c1-7-8(9(2,3)4)6-11(5)10-7/h6H,1-5H3. The first-order valence-electron chi connectivity index (χ1n) is 3.92. The minimum absolute atomic E-state index is 0.221. The van der Waals surface area contributed by atoms with Crippen LogP contribution in [-0.2, 0) is 12.5 Å². The van der Waals surface area contributed by atoms with Crippen LogP contribution in [0.15, 0.2) is 6.20 Å². The Bertz CT molecular complexity index is 253. The van der Waals surface area contributed by atoms with E-state index in [4.69, 9.17) is 0 Å². The van der Waals surface area contributed by atoms with Gasteiger partial charge in [0.2, 0.25) is 0 Å². The lowest BCUT2D eigenvalue weighted by Gasteiger charge is -2.16. The number of nitrogens with zero attached hydrogens (tertiary/aromatic N) is 2. The number of aryl methyl sites for hydroxylation is 2. The van der Waals surface area contributed by atoms with Crippen LogP contribution in [0.1, 0.15) is 32.0 Å². The molecule has 0 N–H and O–H groups in total. The number of rotatable bonds is 0. The number of aromatic nitrogens is 2. The lowest BCUT2D eigenvalue weighted by atomic mass is 9.88. The number of hydrogen-bond donors (Lipinski definition) is 0. The normalized spacial score (nSPS) is 12.1. The Balaban J connectivity index is 3.13. The fourth-order valence-corrected chi connectivity index (χ4v) is 1.34. The van der Waals surface area contributed by atoms with E-state index < -0.39 is 0 Å². The van der Waals surface area contributed by atoms with Crippen LogP contribution in [0.4, 0.5) is 0 Å². The summed E-state index contributed by atoms with van der Waals surface area (Å²) in [7, 11) is 1.96. The molecule has 62 valence electrons. The molecule has 0 bridgehead atoms. The van der Waals surface area contributed by atoms with Crippen molar-refractivity contribution in [2.45, 2.75) is 33.1 Å². The van der Waals surface area contributed by atoms with Gasteiger partial charge in [0.1, 0.15) is 0 Å². The Morgan fingerprint density at radius 1 is 1.36 bits per heavy atom. The first kappa shape index (κ1) is 8.31. The molecule has 0 unspecified atom stereocenters.